The van der Waals surface area contributed by atoms with Crippen molar-refractivity contribution < 1.29 is 0 Å². The van der Waals surface area contributed by atoms with Crippen LogP contribution in [-0.4, -0.2) is 0 Å². The van der Waals surface area contributed by atoms with Gasteiger partial charge in [0.05, 0.1) is 0 Å². The Labute approximate surface area is 154 Å². The Morgan fingerprint density at radius 2 is 1.52 bits per heavy atom. The van der Waals surface area contributed by atoms with Crippen LogP contribution >= 0.6 is 0 Å². The van der Waals surface area contributed by atoms with Crippen molar-refractivity contribution in [3.63, 3.8) is 0 Å². The van der Waals surface area contributed by atoms with E-state index in [1.165, 1.54) is 39.0 Å². The molecule has 0 spiro atoms. The van der Waals surface area contributed by atoms with Gasteiger partial charge in [-0.15, -0.1) is 0 Å². The molecule has 2 aromatic rings. The molecule has 2 rings (SSSR count). The summed E-state index contributed by atoms with van der Waals surface area (Å²) in [6.07, 6.45) is 6.49. The summed E-state index contributed by atoms with van der Waals surface area (Å²) in [5.41, 5.74) is 9.70. The molecule has 0 radical (unpaired) electrons. The maximum absolute atomic E-state index is 2.35. The molecule has 0 aliphatic heterocycles. The molecule has 0 heterocycles. The van der Waals surface area contributed by atoms with E-state index in [9.17, 15) is 0 Å². The van der Waals surface area contributed by atoms with E-state index >= 15 is 0 Å². The molecule has 0 atom stereocenters. The molecule has 0 fully saturated rings. The highest BCUT2D eigenvalue weighted by Gasteiger charge is 2.05. The lowest BCUT2D eigenvalue weighted by Gasteiger charge is -2.12. The van der Waals surface area contributed by atoms with Gasteiger partial charge in [-0.25, -0.2) is 0 Å². The summed E-state index contributed by atoms with van der Waals surface area (Å²) in [5, 5.41) is 0. The molecule has 0 nitrogen and oxygen atoms in total. The molecule has 0 unspecified atom stereocenters. The fourth-order valence-corrected chi connectivity index (χ4v) is 3.25. The van der Waals surface area contributed by atoms with Gasteiger partial charge in [0.25, 0.3) is 0 Å². The zero-order chi connectivity index (χ0) is 18.4. The van der Waals surface area contributed by atoms with Crippen molar-refractivity contribution in [1.82, 2.24) is 0 Å². The van der Waals surface area contributed by atoms with Crippen LogP contribution in [0.2, 0.25) is 0 Å². The molecular weight excluding hydrogens is 300 g/mol. The maximum atomic E-state index is 2.35. The van der Waals surface area contributed by atoms with E-state index in [1.54, 1.807) is 0 Å². The lowest BCUT2D eigenvalue weighted by Crippen LogP contribution is -1.95. The van der Waals surface area contributed by atoms with Gasteiger partial charge < -0.3 is 0 Å². The largest absolute Gasteiger partial charge is 0.0874 e. The van der Waals surface area contributed by atoms with E-state index in [0.29, 0.717) is 5.92 Å². The van der Waals surface area contributed by atoms with Gasteiger partial charge in [-0.1, -0.05) is 68.5 Å². The monoisotopic (exact) mass is 332 g/mol. The van der Waals surface area contributed by atoms with Crippen molar-refractivity contribution in [2.45, 2.75) is 60.3 Å². The summed E-state index contributed by atoms with van der Waals surface area (Å²) in [5.74, 6) is 0.603. The highest BCUT2D eigenvalue weighted by atomic mass is 14.1. The van der Waals surface area contributed by atoms with Crippen molar-refractivity contribution >= 4 is 5.57 Å². The Balaban J connectivity index is 2.09. The average Bonchev–Trinajstić information content (AvgIpc) is 2.60. The predicted octanol–water partition coefficient (Wildman–Crippen LogP) is 7.27. The second-order valence-corrected chi connectivity index (χ2v) is 7.35. The van der Waals surface area contributed by atoms with Crippen molar-refractivity contribution in [2.75, 3.05) is 0 Å². The topological polar surface area (TPSA) is 0 Å². The summed E-state index contributed by atoms with van der Waals surface area (Å²) in [6, 6.07) is 16.0. The van der Waals surface area contributed by atoms with E-state index in [2.05, 4.69) is 96.2 Å². The van der Waals surface area contributed by atoms with Crippen LogP contribution < -0.4 is 0 Å². The van der Waals surface area contributed by atoms with Gasteiger partial charge in [0.1, 0.15) is 0 Å². The maximum Gasteiger partial charge on any atom is -0.0195 e. The number of rotatable bonds is 6. The standard InChI is InChI=1S/C25H32/c1-7-8-19(4)21(6)25-16-13-23(17-20(25)5)10-9-22-11-14-24(15-12-22)18(2)3/h7-8,11-18H,9-10H2,1-6H3/b8-7-,21-19+. The predicted molar refractivity (Wildman–Crippen MR) is 112 cm³/mol. The van der Waals surface area contributed by atoms with Gasteiger partial charge in [-0.2, -0.15) is 0 Å². The molecule has 0 amide bonds. The molecule has 0 N–H and O–H groups in total. The Morgan fingerprint density at radius 3 is 2.08 bits per heavy atom. The number of aryl methyl sites for hydroxylation is 3. The van der Waals surface area contributed by atoms with Crippen molar-refractivity contribution in [3.05, 3.63) is 88.0 Å². The third-order valence-electron chi connectivity index (χ3n) is 5.05. The van der Waals surface area contributed by atoms with Crippen LogP contribution in [0.3, 0.4) is 0 Å². The highest BCUT2D eigenvalue weighted by Crippen LogP contribution is 2.24. The van der Waals surface area contributed by atoms with Crippen LogP contribution in [0.5, 0.6) is 0 Å². The number of hydrogen-bond acceptors (Lipinski definition) is 0. The minimum Gasteiger partial charge on any atom is -0.0874 e. The lowest BCUT2D eigenvalue weighted by molar-refractivity contribution is 0.862. The zero-order valence-corrected chi connectivity index (χ0v) is 16.7. The molecule has 25 heavy (non-hydrogen) atoms. The fraction of sp³-hybridized carbons (Fsp3) is 0.360. The van der Waals surface area contributed by atoms with Crippen LogP contribution in [0.15, 0.2) is 60.2 Å². The molecule has 0 saturated carbocycles. The quantitative estimate of drug-likeness (QED) is 0.488. The van der Waals surface area contributed by atoms with Gasteiger partial charge in [0.2, 0.25) is 0 Å². The second-order valence-electron chi connectivity index (χ2n) is 7.35. The fourth-order valence-electron chi connectivity index (χ4n) is 3.25. The van der Waals surface area contributed by atoms with Gasteiger partial charge in [-0.05, 0) is 85.4 Å². The highest BCUT2D eigenvalue weighted by molar-refractivity contribution is 5.71. The third kappa shape index (κ3) is 5.19. The van der Waals surface area contributed by atoms with Gasteiger partial charge in [0.15, 0.2) is 0 Å². The Morgan fingerprint density at radius 1 is 0.920 bits per heavy atom. The summed E-state index contributed by atoms with van der Waals surface area (Å²) in [4.78, 5) is 0. The molecule has 0 heteroatoms. The van der Waals surface area contributed by atoms with E-state index in [0.717, 1.165) is 12.8 Å². The molecule has 132 valence electrons. The SMILES string of the molecule is C/C=C\C(C)=C(/C)c1ccc(CCc2ccc(C(C)C)cc2)cc1C. The summed E-state index contributed by atoms with van der Waals surface area (Å²) in [6.45, 7) is 13.2. The number of benzene rings is 2. The second kappa shape index (κ2) is 8.85. The first-order chi connectivity index (χ1) is 11.9. The first-order valence-electron chi connectivity index (χ1n) is 9.41. The summed E-state index contributed by atoms with van der Waals surface area (Å²) >= 11 is 0. The van der Waals surface area contributed by atoms with Crippen LogP contribution in [-0.2, 0) is 12.8 Å². The van der Waals surface area contributed by atoms with Gasteiger partial charge in [-0.3, -0.25) is 0 Å². The molecule has 0 bridgehead atoms. The van der Waals surface area contributed by atoms with Crippen LogP contribution in [0, 0.1) is 6.92 Å². The van der Waals surface area contributed by atoms with E-state index in [4.69, 9.17) is 0 Å². The lowest BCUT2D eigenvalue weighted by atomic mass is 9.94. The number of hydrogen-bond donors (Lipinski definition) is 0. The molecular formula is C25H32. The van der Waals surface area contributed by atoms with Gasteiger partial charge >= 0.3 is 0 Å². The van der Waals surface area contributed by atoms with E-state index in [-0.39, 0.29) is 0 Å². The summed E-state index contributed by atoms with van der Waals surface area (Å²) < 4.78 is 0. The van der Waals surface area contributed by atoms with Crippen LogP contribution in [0.4, 0.5) is 0 Å². The normalized spacial score (nSPS) is 12.8. The van der Waals surface area contributed by atoms with E-state index in [1.807, 2.05) is 0 Å². The Kier molecular flexibility index (Phi) is 6.82. The smallest absolute Gasteiger partial charge is 0.0195 e. The Hall–Kier alpha value is -2.08. The zero-order valence-electron chi connectivity index (χ0n) is 16.7. The van der Waals surface area contributed by atoms with Crippen molar-refractivity contribution in [3.8, 4) is 0 Å². The summed E-state index contributed by atoms with van der Waals surface area (Å²) in [7, 11) is 0. The molecule has 0 aromatic heterocycles. The third-order valence-corrected chi connectivity index (χ3v) is 5.05. The van der Waals surface area contributed by atoms with Crippen molar-refractivity contribution in [2.24, 2.45) is 0 Å². The molecule has 0 aliphatic carbocycles. The first kappa shape index (κ1) is 19.2. The van der Waals surface area contributed by atoms with Gasteiger partial charge in [0, 0.05) is 0 Å². The first-order valence-corrected chi connectivity index (χ1v) is 9.41. The average molecular weight is 333 g/mol. The minimum atomic E-state index is 0.603. The van der Waals surface area contributed by atoms with Crippen molar-refractivity contribution in [1.29, 1.82) is 0 Å². The van der Waals surface area contributed by atoms with Crippen LogP contribution in [0.1, 0.15) is 68.4 Å². The number of allylic oxidation sites excluding steroid dienone is 4. The Bertz CT molecular complexity index is 755. The van der Waals surface area contributed by atoms with E-state index < -0.39 is 0 Å². The molecule has 0 saturated heterocycles. The van der Waals surface area contributed by atoms with Crippen LogP contribution in [0.25, 0.3) is 5.57 Å². The minimum absolute atomic E-state index is 0.603. The molecule has 2 aromatic carbocycles. The molecule has 0 aliphatic rings.